The third-order valence-corrected chi connectivity index (χ3v) is 4.28. The van der Waals surface area contributed by atoms with Crippen molar-refractivity contribution in [3.05, 3.63) is 29.8 Å². The lowest BCUT2D eigenvalue weighted by atomic mass is 10.2. The van der Waals surface area contributed by atoms with Crippen LogP contribution in [0.5, 0.6) is 5.75 Å². The van der Waals surface area contributed by atoms with Crippen LogP contribution in [0.25, 0.3) is 0 Å². The molecule has 5 nitrogen and oxygen atoms in total. The third-order valence-electron chi connectivity index (χ3n) is 4.28. The van der Waals surface area contributed by atoms with Gasteiger partial charge in [-0.1, -0.05) is 12.1 Å². The number of hydrogen-bond donors (Lipinski definition) is 2. The summed E-state index contributed by atoms with van der Waals surface area (Å²) in [7, 11) is 0. The van der Waals surface area contributed by atoms with Gasteiger partial charge in [0.25, 0.3) is 0 Å². The van der Waals surface area contributed by atoms with Gasteiger partial charge in [-0.2, -0.15) is 0 Å². The number of benzene rings is 1. The zero-order chi connectivity index (χ0) is 15.4. The molecule has 1 saturated carbocycles. The van der Waals surface area contributed by atoms with Gasteiger partial charge in [-0.05, 0) is 49.3 Å². The first-order chi connectivity index (χ1) is 10.7. The van der Waals surface area contributed by atoms with Crippen LogP contribution in [0, 0.1) is 5.92 Å². The first-order valence-electron chi connectivity index (χ1n) is 8.13. The highest BCUT2D eigenvalue weighted by molar-refractivity contribution is 5.74. The molecule has 2 amide bonds. The molecule has 1 unspecified atom stereocenters. The predicted molar refractivity (Wildman–Crippen MR) is 83.6 cm³/mol. The van der Waals surface area contributed by atoms with E-state index < -0.39 is 0 Å². The Labute approximate surface area is 131 Å². The van der Waals surface area contributed by atoms with Gasteiger partial charge in [0.05, 0.1) is 6.10 Å². The van der Waals surface area contributed by atoms with E-state index in [1.165, 1.54) is 12.8 Å². The van der Waals surface area contributed by atoms with Crippen LogP contribution in [0.3, 0.4) is 0 Å². The molecule has 2 fully saturated rings. The van der Waals surface area contributed by atoms with Crippen molar-refractivity contribution in [2.45, 2.75) is 38.3 Å². The molecule has 1 aliphatic carbocycles. The summed E-state index contributed by atoms with van der Waals surface area (Å²) in [5, 5.41) is 12.4. The highest BCUT2D eigenvalue weighted by atomic mass is 16.5. The van der Waals surface area contributed by atoms with E-state index in [1.54, 1.807) is 12.1 Å². The second-order valence-corrected chi connectivity index (χ2v) is 6.31. The summed E-state index contributed by atoms with van der Waals surface area (Å²) in [5.41, 5.74) is 1.03. The first kappa shape index (κ1) is 15.2. The Balaban J connectivity index is 1.55. The summed E-state index contributed by atoms with van der Waals surface area (Å²) in [6.07, 6.45) is 4.71. The van der Waals surface area contributed by atoms with Crippen LogP contribution in [0.1, 0.15) is 31.2 Å². The molecule has 120 valence electrons. The maximum absolute atomic E-state index is 12.4. The number of carbonyl (C=O) groups is 1. The Kier molecular flexibility index (Phi) is 4.83. The molecule has 2 N–H and O–H groups in total. The minimum Gasteiger partial charge on any atom is -0.508 e. The fraction of sp³-hybridized carbons (Fsp3) is 0.588. The molecule has 1 atom stereocenters. The van der Waals surface area contributed by atoms with Crippen molar-refractivity contribution < 1.29 is 14.6 Å². The number of carbonyl (C=O) groups excluding carboxylic acids is 1. The Morgan fingerprint density at radius 2 is 2.05 bits per heavy atom. The number of urea groups is 1. The molecule has 1 aromatic rings. The zero-order valence-electron chi connectivity index (χ0n) is 12.8. The molecule has 0 bridgehead atoms. The normalized spacial score (nSPS) is 20.8. The van der Waals surface area contributed by atoms with Gasteiger partial charge < -0.3 is 20.1 Å². The quantitative estimate of drug-likeness (QED) is 0.849. The van der Waals surface area contributed by atoms with Gasteiger partial charge in [0.2, 0.25) is 0 Å². The van der Waals surface area contributed by atoms with Gasteiger partial charge in [0, 0.05) is 26.2 Å². The summed E-state index contributed by atoms with van der Waals surface area (Å²) < 4.78 is 5.55. The second-order valence-electron chi connectivity index (χ2n) is 6.31. The van der Waals surface area contributed by atoms with E-state index in [0.29, 0.717) is 19.0 Å². The topological polar surface area (TPSA) is 61.8 Å². The maximum atomic E-state index is 12.4. The summed E-state index contributed by atoms with van der Waals surface area (Å²) in [5.74, 6) is 0.894. The number of rotatable bonds is 6. The monoisotopic (exact) mass is 304 g/mol. The van der Waals surface area contributed by atoms with Gasteiger partial charge in [-0.15, -0.1) is 0 Å². The standard InChI is InChI=1S/C17H24N2O3/c20-15-7-5-14(6-8-15)12-19(11-13-3-4-13)17(21)18-10-16-2-1-9-22-16/h5-8,13,16,20H,1-4,9-12H2,(H,18,21). The van der Waals surface area contributed by atoms with Crippen LogP contribution in [0.4, 0.5) is 4.79 Å². The van der Waals surface area contributed by atoms with E-state index in [2.05, 4.69) is 5.32 Å². The van der Waals surface area contributed by atoms with Crippen LogP contribution in [-0.4, -0.2) is 41.8 Å². The van der Waals surface area contributed by atoms with E-state index >= 15 is 0 Å². The predicted octanol–water partition coefficient (Wildman–Crippen LogP) is 2.49. The van der Waals surface area contributed by atoms with Crippen molar-refractivity contribution in [3.8, 4) is 5.75 Å². The minimum absolute atomic E-state index is 0.0181. The van der Waals surface area contributed by atoms with Gasteiger partial charge in [-0.3, -0.25) is 0 Å². The second kappa shape index (κ2) is 7.01. The van der Waals surface area contributed by atoms with Crippen molar-refractivity contribution in [2.24, 2.45) is 5.92 Å². The van der Waals surface area contributed by atoms with Crippen LogP contribution >= 0.6 is 0 Å². The number of phenols is 1. The van der Waals surface area contributed by atoms with Gasteiger partial charge in [-0.25, -0.2) is 4.79 Å². The SMILES string of the molecule is O=C(NCC1CCCO1)N(Cc1ccc(O)cc1)CC1CC1. The van der Waals surface area contributed by atoms with E-state index in [9.17, 15) is 9.90 Å². The smallest absolute Gasteiger partial charge is 0.317 e. The van der Waals surface area contributed by atoms with E-state index in [4.69, 9.17) is 4.74 Å². The molecule has 2 aliphatic rings. The molecule has 3 rings (SSSR count). The Morgan fingerprint density at radius 1 is 1.27 bits per heavy atom. The fourth-order valence-electron chi connectivity index (χ4n) is 2.77. The molecular formula is C17H24N2O3. The lowest BCUT2D eigenvalue weighted by Crippen LogP contribution is -2.43. The van der Waals surface area contributed by atoms with Gasteiger partial charge >= 0.3 is 6.03 Å². The van der Waals surface area contributed by atoms with Crippen LogP contribution < -0.4 is 5.32 Å². The third kappa shape index (κ3) is 4.37. The summed E-state index contributed by atoms with van der Waals surface area (Å²) >= 11 is 0. The van der Waals surface area contributed by atoms with Crippen molar-refractivity contribution >= 4 is 6.03 Å². The molecule has 1 saturated heterocycles. The summed E-state index contributed by atoms with van der Waals surface area (Å²) in [4.78, 5) is 14.3. The number of ether oxygens (including phenoxy) is 1. The summed E-state index contributed by atoms with van der Waals surface area (Å²) in [6.45, 7) is 2.78. The van der Waals surface area contributed by atoms with Crippen LogP contribution in [0.15, 0.2) is 24.3 Å². The van der Waals surface area contributed by atoms with Gasteiger partial charge in [0.1, 0.15) is 5.75 Å². The number of phenolic OH excluding ortho intramolecular Hbond substituents is 1. The van der Waals surface area contributed by atoms with Crippen molar-refractivity contribution in [3.63, 3.8) is 0 Å². The van der Waals surface area contributed by atoms with Crippen LogP contribution in [0.2, 0.25) is 0 Å². The highest BCUT2D eigenvalue weighted by Crippen LogP contribution is 2.30. The largest absolute Gasteiger partial charge is 0.508 e. The first-order valence-corrected chi connectivity index (χ1v) is 8.13. The lowest BCUT2D eigenvalue weighted by molar-refractivity contribution is 0.108. The number of nitrogens with zero attached hydrogens (tertiary/aromatic N) is 1. The van der Waals surface area contributed by atoms with Crippen LogP contribution in [-0.2, 0) is 11.3 Å². The molecule has 0 spiro atoms. The van der Waals surface area contributed by atoms with Crippen molar-refractivity contribution in [1.29, 1.82) is 0 Å². The fourth-order valence-corrected chi connectivity index (χ4v) is 2.77. The molecule has 22 heavy (non-hydrogen) atoms. The Bertz CT molecular complexity index is 493. The Morgan fingerprint density at radius 3 is 2.68 bits per heavy atom. The highest BCUT2D eigenvalue weighted by Gasteiger charge is 2.27. The molecule has 1 heterocycles. The van der Waals surface area contributed by atoms with E-state index in [1.807, 2.05) is 17.0 Å². The van der Waals surface area contributed by atoms with Crippen molar-refractivity contribution in [1.82, 2.24) is 10.2 Å². The molecule has 0 aromatic heterocycles. The van der Waals surface area contributed by atoms with E-state index in [0.717, 1.165) is 31.6 Å². The Hall–Kier alpha value is -1.75. The van der Waals surface area contributed by atoms with E-state index in [-0.39, 0.29) is 17.9 Å². The minimum atomic E-state index is -0.0181. The average molecular weight is 304 g/mol. The molecule has 5 heteroatoms. The number of nitrogens with one attached hydrogen (secondary N) is 1. The zero-order valence-corrected chi connectivity index (χ0v) is 12.8. The number of hydrogen-bond acceptors (Lipinski definition) is 3. The number of aromatic hydroxyl groups is 1. The molecule has 1 aliphatic heterocycles. The molecule has 0 radical (unpaired) electrons. The van der Waals surface area contributed by atoms with Crippen molar-refractivity contribution in [2.75, 3.05) is 19.7 Å². The lowest BCUT2D eigenvalue weighted by Gasteiger charge is -2.24. The van der Waals surface area contributed by atoms with Gasteiger partial charge in [0.15, 0.2) is 0 Å². The molecular weight excluding hydrogens is 280 g/mol. The summed E-state index contributed by atoms with van der Waals surface area (Å²) in [6, 6.07) is 7.03. The molecule has 1 aromatic carbocycles. The average Bonchev–Trinajstić information content (AvgIpc) is 3.18. The number of amides is 2. The maximum Gasteiger partial charge on any atom is 0.317 e.